The van der Waals surface area contributed by atoms with E-state index in [1.54, 1.807) is 6.07 Å². The summed E-state index contributed by atoms with van der Waals surface area (Å²) in [6, 6.07) is 24.3. The van der Waals surface area contributed by atoms with Crippen LogP contribution in [0.15, 0.2) is 72.8 Å². The average Bonchev–Trinajstić information content (AvgIpc) is 3.45. The molecule has 1 unspecified atom stereocenters. The minimum absolute atomic E-state index is 0.111. The van der Waals surface area contributed by atoms with Crippen LogP contribution in [-0.2, 0) is 16.1 Å². The Morgan fingerprint density at radius 3 is 2.54 bits per heavy atom. The lowest BCUT2D eigenvalue weighted by Gasteiger charge is -2.29. The molecule has 0 aromatic heterocycles. The number of rotatable bonds is 8. The van der Waals surface area contributed by atoms with Gasteiger partial charge in [-0.2, -0.15) is 5.26 Å². The first-order valence-corrected chi connectivity index (χ1v) is 12.2. The summed E-state index contributed by atoms with van der Waals surface area (Å²) in [5.41, 5.74) is 4.87. The lowest BCUT2D eigenvalue weighted by atomic mass is 9.99. The van der Waals surface area contributed by atoms with Gasteiger partial charge in [-0.3, -0.25) is 9.59 Å². The number of anilines is 1. The molecule has 1 heterocycles. The molecule has 1 saturated heterocycles. The zero-order valence-electron chi connectivity index (χ0n) is 20.6. The van der Waals surface area contributed by atoms with Crippen LogP contribution < -0.4 is 10.6 Å². The Balaban J connectivity index is 1.36. The van der Waals surface area contributed by atoms with Crippen molar-refractivity contribution in [2.24, 2.45) is 0 Å². The van der Waals surface area contributed by atoms with Crippen molar-refractivity contribution in [3.05, 3.63) is 89.5 Å². The van der Waals surface area contributed by atoms with E-state index in [1.165, 1.54) is 4.90 Å². The number of amides is 2. The van der Waals surface area contributed by atoms with Gasteiger partial charge in [-0.1, -0.05) is 54.6 Å². The van der Waals surface area contributed by atoms with Gasteiger partial charge in [0.2, 0.25) is 0 Å². The second-order valence-corrected chi connectivity index (χ2v) is 9.03. The Morgan fingerprint density at radius 2 is 1.81 bits per heavy atom. The Hall–Kier alpha value is -4.19. The molecule has 3 aromatic carbocycles. The molecule has 4 N–H and O–H groups in total. The maximum Gasteiger partial charge on any atom is 0.255 e. The molecular formula is C29H30N4O4. The molecule has 0 bridgehead atoms. The summed E-state index contributed by atoms with van der Waals surface area (Å²) in [7, 11) is 1.82. The zero-order valence-corrected chi connectivity index (χ0v) is 20.6. The van der Waals surface area contributed by atoms with Crippen molar-refractivity contribution in [3.8, 4) is 17.2 Å². The predicted octanol–water partition coefficient (Wildman–Crippen LogP) is 2.97. The van der Waals surface area contributed by atoms with Crippen molar-refractivity contribution in [1.29, 1.82) is 5.26 Å². The van der Waals surface area contributed by atoms with Crippen LogP contribution in [0.25, 0.3) is 11.1 Å². The number of aliphatic hydroxyl groups excluding tert-OH is 2. The van der Waals surface area contributed by atoms with E-state index in [0.29, 0.717) is 12.1 Å². The van der Waals surface area contributed by atoms with E-state index in [1.807, 2.05) is 73.8 Å². The second-order valence-electron chi connectivity index (χ2n) is 9.03. The normalized spacial score (nSPS) is 16.5. The largest absolute Gasteiger partial charge is 0.388 e. The van der Waals surface area contributed by atoms with Crippen LogP contribution >= 0.6 is 0 Å². The molecule has 190 valence electrons. The average molecular weight is 499 g/mol. The highest BCUT2D eigenvalue weighted by Crippen LogP contribution is 2.33. The highest BCUT2D eigenvalue weighted by atomic mass is 16.3. The van der Waals surface area contributed by atoms with Gasteiger partial charge in [-0.25, -0.2) is 0 Å². The van der Waals surface area contributed by atoms with Gasteiger partial charge in [0.25, 0.3) is 11.8 Å². The molecule has 2 amide bonds. The topological polar surface area (TPSA) is 126 Å². The number of carbonyl (C=O) groups excluding carboxylic acids is 2. The van der Waals surface area contributed by atoms with Gasteiger partial charge < -0.3 is 25.7 Å². The van der Waals surface area contributed by atoms with Crippen LogP contribution in [0.2, 0.25) is 0 Å². The number of hydrogen-bond donors (Lipinski definition) is 4. The SMILES string of the molecule is CNc1cccc(C2CCCN2C(=O)[C@H](O)[C@@H](O)C(=O)NCc2ccc(-c3ccccc3C#N)cc2)c1. The van der Waals surface area contributed by atoms with Crippen molar-refractivity contribution in [2.75, 3.05) is 18.9 Å². The molecule has 0 radical (unpaired) electrons. The van der Waals surface area contributed by atoms with Crippen LogP contribution in [0, 0.1) is 11.3 Å². The smallest absolute Gasteiger partial charge is 0.255 e. The highest BCUT2D eigenvalue weighted by molar-refractivity contribution is 5.91. The summed E-state index contributed by atoms with van der Waals surface area (Å²) in [5, 5.41) is 36.0. The first kappa shape index (κ1) is 25.9. The second kappa shape index (κ2) is 11.7. The van der Waals surface area contributed by atoms with Crippen LogP contribution in [0.3, 0.4) is 0 Å². The minimum Gasteiger partial charge on any atom is -0.388 e. The summed E-state index contributed by atoms with van der Waals surface area (Å²) in [4.78, 5) is 27.1. The summed E-state index contributed by atoms with van der Waals surface area (Å²) in [5.74, 6) is -1.49. The number of nitrogens with zero attached hydrogens (tertiary/aromatic N) is 2. The molecule has 8 heteroatoms. The lowest BCUT2D eigenvalue weighted by Crippen LogP contribution is -2.50. The van der Waals surface area contributed by atoms with Crippen LogP contribution in [0.5, 0.6) is 0 Å². The maximum absolute atomic E-state index is 13.0. The minimum atomic E-state index is -1.89. The summed E-state index contributed by atoms with van der Waals surface area (Å²) in [6.07, 6.45) is -2.25. The van der Waals surface area contributed by atoms with E-state index in [0.717, 1.165) is 40.8 Å². The predicted molar refractivity (Wildman–Crippen MR) is 140 cm³/mol. The molecule has 37 heavy (non-hydrogen) atoms. The van der Waals surface area contributed by atoms with E-state index in [9.17, 15) is 25.1 Å². The number of aliphatic hydroxyl groups is 2. The van der Waals surface area contributed by atoms with E-state index in [-0.39, 0.29) is 12.6 Å². The Morgan fingerprint density at radius 1 is 1.05 bits per heavy atom. The van der Waals surface area contributed by atoms with E-state index < -0.39 is 24.0 Å². The Bertz CT molecular complexity index is 1300. The maximum atomic E-state index is 13.0. The van der Waals surface area contributed by atoms with Gasteiger partial charge in [0.15, 0.2) is 12.2 Å². The van der Waals surface area contributed by atoms with Gasteiger partial charge in [0, 0.05) is 25.8 Å². The molecule has 1 aliphatic heterocycles. The standard InChI is InChI=1S/C29H30N4O4/c1-31-23-8-4-7-21(16-23)25-10-5-15-33(25)29(37)27(35)26(34)28(36)32-18-19-11-13-20(14-12-19)24-9-3-2-6-22(24)17-30/h2-4,6-9,11-14,16,25-27,31,34-35H,5,10,15,18H2,1H3,(H,32,36)/t25?,26-,27-/m1/s1. The summed E-state index contributed by atoms with van der Waals surface area (Å²) >= 11 is 0. The molecule has 8 nitrogen and oxygen atoms in total. The van der Waals surface area contributed by atoms with E-state index in [4.69, 9.17) is 0 Å². The van der Waals surface area contributed by atoms with Gasteiger partial charge in [0.05, 0.1) is 17.7 Å². The number of benzene rings is 3. The van der Waals surface area contributed by atoms with Crippen molar-refractivity contribution in [1.82, 2.24) is 10.2 Å². The summed E-state index contributed by atoms with van der Waals surface area (Å²) in [6.45, 7) is 0.556. The van der Waals surface area contributed by atoms with Crippen molar-refractivity contribution >= 4 is 17.5 Å². The molecule has 4 rings (SSSR count). The Labute approximate surface area is 216 Å². The fourth-order valence-electron chi connectivity index (χ4n) is 4.66. The first-order chi connectivity index (χ1) is 17.9. The molecule has 3 aromatic rings. The molecule has 1 aliphatic rings. The van der Waals surface area contributed by atoms with Crippen molar-refractivity contribution in [2.45, 2.75) is 37.6 Å². The molecule has 1 fully saturated rings. The molecule has 3 atom stereocenters. The quantitative estimate of drug-likeness (QED) is 0.378. The number of nitriles is 1. The van der Waals surface area contributed by atoms with Crippen LogP contribution in [-0.4, -0.2) is 52.7 Å². The third-order valence-electron chi connectivity index (χ3n) is 6.70. The van der Waals surface area contributed by atoms with Gasteiger partial charge in [-0.05, 0) is 53.3 Å². The molecule has 0 aliphatic carbocycles. The first-order valence-electron chi connectivity index (χ1n) is 12.2. The Kier molecular flexibility index (Phi) is 8.18. The lowest BCUT2D eigenvalue weighted by molar-refractivity contribution is -0.153. The monoisotopic (exact) mass is 498 g/mol. The van der Waals surface area contributed by atoms with Gasteiger partial charge >= 0.3 is 0 Å². The number of carbonyl (C=O) groups is 2. The van der Waals surface area contributed by atoms with E-state index >= 15 is 0 Å². The number of nitrogens with one attached hydrogen (secondary N) is 2. The fourth-order valence-corrected chi connectivity index (χ4v) is 4.66. The van der Waals surface area contributed by atoms with Gasteiger partial charge in [0.1, 0.15) is 0 Å². The molecular weight excluding hydrogens is 468 g/mol. The third kappa shape index (κ3) is 5.80. The number of hydrogen-bond acceptors (Lipinski definition) is 6. The summed E-state index contributed by atoms with van der Waals surface area (Å²) < 4.78 is 0. The van der Waals surface area contributed by atoms with Crippen molar-refractivity contribution in [3.63, 3.8) is 0 Å². The highest BCUT2D eigenvalue weighted by Gasteiger charge is 2.38. The molecule has 0 saturated carbocycles. The zero-order chi connectivity index (χ0) is 26.4. The van der Waals surface area contributed by atoms with Crippen molar-refractivity contribution < 1.29 is 19.8 Å². The van der Waals surface area contributed by atoms with Crippen LogP contribution in [0.4, 0.5) is 5.69 Å². The van der Waals surface area contributed by atoms with E-state index in [2.05, 4.69) is 16.7 Å². The van der Waals surface area contributed by atoms with Gasteiger partial charge in [-0.15, -0.1) is 0 Å². The fraction of sp³-hybridized carbons (Fsp3) is 0.276. The molecule has 0 spiro atoms. The third-order valence-corrected chi connectivity index (χ3v) is 6.70. The number of likely N-dealkylation sites (tertiary alicyclic amines) is 1. The van der Waals surface area contributed by atoms with Crippen LogP contribution in [0.1, 0.15) is 35.6 Å².